The molecule has 0 spiro atoms. The second-order valence-corrected chi connectivity index (χ2v) is 4.96. The summed E-state index contributed by atoms with van der Waals surface area (Å²) in [7, 11) is 0. The van der Waals surface area contributed by atoms with Gasteiger partial charge in [-0.25, -0.2) is 0 Å². The van der Waals surface area contributed by atoms with Crippen molar-refractivity contribution in [3.05, 3.63) is 53.3 Å². The number of hydrogen-bond donors (Lipinski definition) is 1. The molecule has 0 aliphatic carbocycles. The predicted octanol–water partition coefficient (Wildman–Crippen LogP) is 3.02. The van der Waals surface area contributed by atoms with Gasteiger partial charge in [-0.1, -0.05) is 19.1 Å². The Morgan fingerprint density at radius 3 is 2.65 bits per heavy atom. The van der Waals surface area contributed by atoms with E-state index in [1.165, 1.54) is 5.56 Å². The molecule has 1 atom stereocenters. The topological polar surface area (TPSA) is 53.6 Å². The van der Waals surface area contributed by atoms with Crippen LogP contribution >= 0.6 is 0 Å². The maximum Gasteiger partial charge on any atom is 0.0991 e. The Morgan fingerprint density at radius 1 is 1.25 bits per heavy atom. The SMILES string of the molecule is CCC(C)n1ccc(CNCc2ccc(C#N)cc2)n1. The number of hydrogen-bond acceptors (Lipinski definition) is 3. The summed E-state index contributed by atoms with van der Waals surface area (Å²) in [6, 6.07) is 12.3. The quantitative estimate of drug-likeness (QED) is 0.876. The molecule has 1 aromatic carbocycles. The molecule has 2 aromatic rings. The maximum atomic E-state index is 8.74. The largest absolute Gasteiger partial charge is 0.307 e. The van der Waals surface area contributed by atoms with Crippen molar-refractivity contribution in [3.63, 3.8) is 0 Å². The van der Waals surface area contributed by atoms with Crippen LogP contribution in [0.4, 0.5) is 0 Å². The third-order valence-corrected chi connectivity index (χ3v) is 3.42. The fraction of sp³-hybridized carbons (Fsp3) is 0.375. The molecule has 0 fully saturated rings. The van der Waals surface area contributed by atoms with E-state index in [4.69, 9.17) is 5.26 Å². The molecule has 0 radical (unpaired) electrons. The molecule has 0 aliphatic heterocycles. The van der Waals surface area contributed by atoms with E-state index in [9.17, 15) is 0 Å². The first-order valence-corrected chi connectivity index (χ1v) is 6.96. The minimum absolute atomic E-state index is 0.447. The van der Waals surface area contributed by atoms with Crippen LogP contribution in [0, 0.1) is 11.3 Å². The van der Waals surface area contributed by atoms with Crippen LogP contribution in [0.1, 0.15) is 43.1 Å². The summed E-state index contributed by atoms with van der Waals surface area (Å²) < 4.78 is 2.01. The van der Waals surface area contributed by atoms with Gasteiger partial charge in [0.1, 0.15) is 0 Å². The van der Waals surface area contributed by atoms with E-state index in [1.54, 1.807) is 0 Å². The lowest BCUT2D eigenvalue weighted by molar-refractivity contribution is 0.471. The molecule has 1 heterocycles. The van der Waals surface area contributed by atoms with Crippen LogP contribution in [0.3, 0.4) is 0 Å². The van der Waals surface area contributed by atoms with Crippen LogP contribution < -0.4 is 5.32 Å². The van der Waals surface area contributed by atoms with Crippen molar-refractivity contribution in [3.8, 4) is 6.07 Å². The molecule has 0 aliphatic rings. The highest BCUT2D eigenvalue weighted by Gasteiger charge is 2.04. The molecule has 1 unspecified atom stereocenters. The zero-order valence-electron chi connectivity index (χ0n) is 12.0. The van der Waals surface area contributed by atoms with Crippen molar-refractivity contribution in [2.75, 3.05) is 0 Å². The van der Waals surface area contributed by atoms with Gasteiger partial charge in [-0.15, -0.1) is 0 Å². The van der Waals surface area contributed by atoms with Gasteiger partial charge in [0.05, 0.1) is 17.3 Å². The second kappa shape index (κ2) is 6.88. The van der Waals surface area contributed by atoms with E-state index in [1.807, 2.05) is 35.1 Å². The van der Waals surface area contributed by atoms with Gasteiger partial charge in [0.25, 0.3) is 0 Å². The first kappa shape index (κ1) is 14.3. The molecule has 4 nitrogen and oxygen atoms in total. The number of nitrogens with one attached hydrogen (secondary N) is 1. The molecule has 1 N–H and O–H groups in total. The number of nitriles is 1. The van der Waals surface area contributed by atoms with Crippen LogP contribution in [0.2, 0.25) is 0 Å². The highest BCUT2D eigenvalue weighted by molar-refractivity contribution is 5.31. The summed E-state index contributed by atoms with van der Waals surface area (Å²) in [6.07, 6.45) is 3.12. The number of benzene rings is 1. The van der Waals surface area contributed by atoms with Gasteiger partial charge in [0.15, 0.2) is 0 Å². The third kappa shape index (κ3) is 3.69. The lowest BCUT2D eigenvalue weighted by atomic mass is 10.1. The van der Waals surface area contributed by atoms with Gasteiger partial charge in [0.2, 0.25) is 0 Å². The standard InChI is InChI=1S/C16H20N4/c1-3-13(2)20-9-8-16(19-20)12-18-11-15-6-4-14(10-17)5-7-15/h4-9,13,18H,3,11-12H2,1-2H3. The molecular formula is C16H20N4. The second-order valence-electron chi connectivity index (χ2n) is 4.96. The third-order valence-electron chi connectivity index (χ3n) is 3.42. The van der Waals surface area contributed by atoms with Crippen LogP contribution in [-0.2, 0) is 13.1 Å². The van der Waals surface area contributed by atoms with Crippen molar-refractivity contribution in [1.82, 2.24) is 15.1 Å². The van der Waals surface area contributed by atoms with Crippen LogP contribution in [0.25, 0.3) is 0 Å². The number of aromatic nitrogens is 2. The molecular weight excluding hydrogens is 248 g/mol. The van der Waals surface area contributed by atoms with Crippen molar-refractivity contribution in [2.45, 2.75) is 39.4 Å². The normalized spacial score (nSPS) is 12.1. The molecule has 1 aromatic heterocycles. The molecule has 104 valence electrons. The smallest absolute Gasteiger partial charge is 0.0991 e. The van der Waals surface area contributed by atoms with Gasteiger partial charge < -0.3 is 5.32 Å². The van der Waals surface area contributed by atoms with Crippen molar-refractivity contribution in [1.29, 1.82) is 5.26 Å². The first-order valence-electron chi connectivity index (χ1n) is 6.96. The van der Waals surface area contributed by atoms with Gasteiger partial charge in [-0.2, -0.15) is 10.4 Å². The minimum Gasteiger partial charge on any atom is -0.307 e. The highest BCUT2D eigenvalue weighted by atomic mass is 15.3. The minimum atomic E-state index is 0.447. The zero-order valence-corrected chi connectivity index (χ0v) is 12.0. The zero-order chi connectivity index (χ0) is 14.4. The molecule has 0 saturated carbocycles. The summed E-state index contributed by atoms with van der Waals surface area (Å²) >= 11 is 0. The van der Waals surface area contributed by atoms with Crippen molar-refractivity contribution in [2.24, 2.45) is 0 Å². The van der Waals surface area contributed by atoms with Gasteiger partial charge >= 0.3 is 0 Å². The Kier molecular flexibility index (Phi) is 4.91. The fourth-order valence-corrected chi connectivity index (χ4v) is 1.94. The Morgan fingerprint density at radius 2 is 2.00 bits per heavy atom. The summed E-state index contributed by atoms with van der Waals surface area (Å²) in [6.45, 7) is 5.86. The van der Waals surface area contributed by atoms with E-state index in [-0.39, 0.29) is 0 Å². The van der Waals surface area contributed by atoms with Gasteiger partial charge in [0, 0.05) is 25.3 Å². The Bertz CT molecular complexity index is 577. The van der Waals surface area contributed by atoms with E-state index in [0.717, 1.165) is 25.2 Å². The van der Waals surface area contributed by atoms with Crippen molar-refractivity contribution >= 4 is 0 Å². The molecule has 0 saturated heterocycles. The fourth-order valence-electron chi connectivity index (χ4n) is 1.94. The first-order chi connectivity index (χ1) is 9.72. The van der Waals surface area contributed by atoms with E-state index < -0.39 is 0 Å². The summed E-state index contributed by atoms with van der Waals surface area (Å²) in [5.74, 6) is 0. The molecule has 0 bridgehead atoms. The van der Waals surface area contributed by atoms with Gasteiger partial charge in [-0.3, -0.25) is 4.68 Å². The van der Waals surface area contributed by atoms with E-state index in [0.29, 0.717) is 11.6 Å². The van der Waals surface area contributed by atoms with E-state index >= 15 is 0 Å². The number of nitrogens with zero attached hydrogens (tertiary/aromatic N) is 3. The Balaban J connectivity index is 1.83. The average molecular weight is 268 g/mol. The Hall–Kier alpha value is -2.12. The van der Waals surface area contributed by atoms with Gasteiger partial charge in [-0.05, 0) is 37.1 Å². The Labute approximate surface area is 120 Å². The van der Waals surface area contributed by atoms with Crippen LogP contribution in [0.15, 0.2) is 36.5 Å². The highest BCUT2D eigenvalue weighted by Crippen LogP contribution is 2.09. The number of rotatable bonds is 6. The molecule has 2 rings (SSSR count). The lowest BCUT2D eigenvalue weighted by Crippen LogP contribution is -2.14. The maximum absolute atomic E-state index is 8.74. The van der Waals surface area contributed by atoms with E-state index in [2.05, 4.69) is 36.4 Å². The average Bonchev–Trinajstić information content (AvgIpc) is 2.96. The van der Waals surface area contributed by atoms with Crippen LogP contribution in [-0.4, -0.2) is 9.78 Å². The predicted molar refractivity (Wildman–Crippen MR) is 78.9 cm³/mol. The summed E-state index contributed by atoms with van der Waals surface area (Å²) in [5.41, 5.74) is 2.92. The summed E-state index contributed by atoms with van der Waals surface area (Å²) in [4.78, 5) is 0. The molecule has 4 heteroatoms. The van der Waals surface area contributed by atoms with Crippen LogP contribution in [0.5, 0.6) is 0 Å². The van der Waals surface area contributed by atoms with Crippen molar-refractivity contribution < 1.29 is 0 Å². The lowest BCUT2D eigenvalue weighted by Gasteiger charge is -2.08. The molecule has 0 amide bonds. The monoisotopic (exact) mass is 268 g/mol. The molecule has 20 heavy (non-hydrogen) atoms. The summed E-state index contributed by atoms with van der Waals surface area (Å²) in [5, 5.41) is 16.7.